The molecule has 0 fully saturated rings. The third kappa shape index (κ3) is 4.72. The Kier molecular flexibility index (Phi) is 6.19. The van der Waals surface area contributed by atoms with Crippen LogP contribution in [0.4, 0.5) is 0 Å². The molecule has 0 radical (unpaired) electrons. The molecule has 1 atom stereocenters. The minimum Gasteiger partial charge on any atom is -0.391 e. The predicted octanol–water partition coefficient (Wildman–Crippen LogP) is 1.81. The number of hydrogen-bond acceptors (Lipinski definition) is 4. The molecule has 2 N–H and O–H groups in total. The number of hydrogen-bond donors (Lipinski definition) is 2. The van der Waals surface area contributed by atoms with E-state index in [9.17, 15) is 13.5 Å². The second kappa shape index (κ2) is 7.19. The molecule has 7 heteroatoms. The summed E-state index contributed by atoms with van der Waals surface area (Å²) >= 11 is 5.66. The first-order chi connectivity index (χ1) is 8.90. The number of pyridine rings is 1. The van der Waals surface area contributed by atoms with E-state index in [1.54, 1.807) is 0 Å². The van der Waals surface area contributed by atoms with Gasteiger partial charge < -0.3 is 5.11 Å². The summed E-state index contributed by atoms with van der Waals surface area (Å²) in [6.07, 6.45) is 2.25. The molecule has 0 spiro atoms. The second-order valence-corrected chi connectivity index (χ2v) is 6.46. The Balaban J connectivity index is 2.71. The number of aliphatic hydroxyl groups is 1. The van der Waals surface area contributed by atoms with E-state index < -0.39 is 16.1 Å². The largest absolute Gasteiger partial charge is 0.391 e. The molecule has 1 aromatic heterocycles. The maximum absolute atomic E-state index is 12.0. The van der Waals surface area contributed by atoms with Crippen LogP contribution in [0.2, 0.25) is 5.15 Å². The summed E-state index contributed by atoms with van der Waals surface area (Å²) in [5.74, 6) is 0.0868. The fourth-order valence-corrected chi connectivity index (χ4v) is 3.13. The topological polar surface area (TPSA) is 79.3 Å². The second-order valence-electron chi connectivity index (χ2n) is 4.31. The Morgan fingerprint density at radius 3 is 2.58 bits per heavy atom. The van der Waals surface area contributed by atoms with Crippen molar-refractivity contribution in [3.63, 3.8) is 0 Å². The number of aromatic nitrogens is 1. The van der Waals surface area contributed by atoms with Crippen LogP contribution in [0.15, 0.2) is 23.2 Å². The molecule has 0 aromatic carbocycles. The van der Waals surface area contributed by atoms with E-state index in [1.165, 1.54) is 18.3 Å². The third-order valence-electron chi connectivity index (χ3n) is 3.08. The van der Waals surface area contributed by atoms with Gasteiger partial charge in [0.25, 0.3) is 0 Å². The fourth-order valence-electron chi connectivity index (χ4n) is 1.83. The lowest BCUT2D eigenvalue weighted by molar-refractivity contribution is 0.107. The number of sulfonamides is 1. The number of halogens is 1. The molecule has 5 nitrogen and oxygen atoms in total. The summed E-state index contributed by atoms with van der Waals surface area (Å²) in [5, 5.41) is 10.0. The quantitative estimate of drug-likeness (QED) is 0.753. The van der Waals surface area contributed by atoms with Gasteiger partial charge in [-0.25, -0.2) is 18.1 Å². The molecule has 0 aliphatic carbocycles. The summed E-state index contributed by atoms with van der Waals surface area (Å²) in [6.45, 7) is 3.93. The van der Waals surface area contributed by atoms with Gasteiger partial charge in [-0.3, -0.25) is 0 Å². The zero-order valence-corrected chi connectivity index (χ0v) is 12.6. The summed E-state index contributed by atoms with van der Waals surface area (Å²) in [6, 6.07) is 2.63. The Bertz CT molecular complexity index is 503. The van der Waals surface area contributed by atoms with Gasteiger partial charge in [-0.15, -0.1) is 0 Å². The van der Waals surface area contributed by atoms with Crippen LogP contribution in [0.5, 0.6) is 0 Å². The van der Waals surface area contributed by atoms with E-state index in [4.69, 9.17) is 11.6 Å². The van der Waals surface area contributed by atoms with E-state index in [0.717, 1.165) is 12.8 Å². The van der Waals surface area contributed by atoms with Gasteiger partial charge in [0.2, 0.25) is 10.0 Å². The minimum atomic E-state index is -3.66. The number of rotatable bonds is 7. The van der Waals surface area contributed by atoms with Crippen molar-refractivity contribution in [2.75, 3.05) is 6.54 Å². The maximum atomic E-state index is 12.0. The SMILES string of the molecule is CCC(CC)C(O)CNS(=O)(=O)c1ccnc(Cl)c1. The van der Waals surface area contributed by atoms with Crippen molar-refractivity contribution in [3.8, 4) is 0 Å². The van der Waals surface area contributed by atoms with Crippen molar-refractivity contribution in [1.82, 2.24) is 9.71 Å². The van der Waals surface area contributed by atoms with Crippen molar-refractivity contribution >= 4 is 21.6 Å². The normalized spacial score (nSPS) is 13.7. The molecule has 0 bridgehead atoms. The first-order valence-electron chi connectivity index (χ1n) is 6.20. The molecule has 1 heterocycles. The smallest absolute Gasteiger partial charge is 0.240 e. The third-order valence-corrected chi connectivity index (χ3v) is 4.71. The zero-order chi connectivity index (χ0) is 14.5. The molecule has 1 aromatic rings. The van der Waals surface area contributed by atoms with Gasteiger partial charge in [0.1, 0.15) is 5.15 Å². The van der Waals surface area contributed by atoms with Crippen LogP contribution >= 0.6 is 11.6 Å². The summed E-state index contributed by atoms with van der Waals surface area (Å²) < 4.78 is 26.3. The van der Waals surface area contributed by atoms with Crippen LogP contribution in [0.1, 0.15) is 26.7 Å². The molecule has 1 rings (SSSR count). The zero-order valence-electron chi connectivity index (χ0n) is 11.0. The molecule has 1 unspecified atom stereocenters. The minimum absolute atomic E-state index is 0.00534. The van der Waals surface area contributed by atoms with Gasteiger partial charge >= 0.3 is 0 Å². The van der Waals surface area contributed by atoms with Gasteiger partial charge in [0, 0.05) is 12.7 Å². The molecule has 0 saturated carbocycles. The van der Waals surface area contributed by atoms with E-state index in [2.05, 4.69) is 9.71 Å². The van der Waals surface area contributed by atoms with Crippen molar-refractivity contribution in [2.24, 2.45) is 5.92 Å². The number of nitrogens with zero attached hydrogens (tertiary/aromatic N) is 1. The van der Waals surface area contributed by atoms with Crippen molar-refractivity contribution in [3.05, 3.63) is 23.5 Å². The maximum Gasteiger partial charge on any atom is 0.240 e. The van der Waals surface area contributed by atoms with Gasteiger partial charge in [-0.2, -0.15) is 0 Å². The lowest BCUT2D eigenvalue weighted by Gasteiger charge is -2.20. The van der Waals surface area contributed by atoms with Crippen LogP contribution in [-0.2, 0) is 10.0 Å². The highest BCUT2D eigenvalue weighted by Gasteiger charge is 2.20. The van der Waals surface area contributed by atoms with Crippen LogP contribution < -0.4 is 4.72 Å². The predicted molar refractivity (Wildman–Crippen MR) is 74.5 cm³/mol. The molecule has 0 saturated heterocycles. The first-order valence-corrected chi connectivity index (χ1v) is 8.06. The van der Waals surface area contributed by atoms with E-state index in [1.807, 2.05) is 13.8 Å². The lowest BCUT2D eigenvalue weighted by atomic mass is 9.97. The Hall–Kier alpha value is -0.690. The standard InChI is InChI=1S/C12H19ClN2O3S/c1-3-9(4-2)11(16)8-15-19(17,18)10-5-6-14-12(13)7-10/h5-7,9,11,15-16H,3-4,8H2,1-2H3. The molecule has 19 heavy (non-hydrogen) atoms. The first kappa shape index (κ1) is 16.4. The van der Waals surface area contributed by atoms with Gasteiger partial charge in [0.15, 0.2) is 0 Å². The molecule has 108 valence electrons. The van der Waals surface area contributed by atoms with E-state index in [0.29, 0.717) is 0 Å². The van der Waals surface area contributed by atoms with Crippen LogP contribution in [-0.4, -0.2) is 31.2 Å². The summed E-state index contributed by atoms with van der Waals surface area (Å²) in [7, 11) is -3.66. The molecule has 0 aliphatic rings. The number of nitrogens with one attached hydrogen (secondary N) is 1. The van der Waals surface area contributed by atoms with Crippen LogP contribution in [0.3, 0.4) is 0 Å². The van der Waals surface area contributed by atoms with Gasteiger partial charge in [-0.1, -0.05) is 38.3 Å². The van der Waals surface area contributed by atoms with E-state index in [-0.39, 0.29) is 22.5 Å². The highest BCUT2D eigenvalue weighted by molar-refractivity contribution is 7.89. The highest BCUT2D eigenvalue weighted by atomic mass is 35.5. The van der Waals surface area contributed by atoms with Gasteiger partial charge in [0.05, 0.1) is 11.0 Å². The van der Waals surface area contributed by atoms with Crippen molar-refractivity contribution in [2.45, 2.75) is 37.7 Å². The molecular formula is C12H19ClN2O3S. The lowest BCUT2D eigenvalue weighted by Crippen LogP contribution is -2.36. The average Bonchev–Trinajstić information content (AvgIpc) is 2.38. The van der Waals surface area contributed by atoms with Gasteiger partial charge in [-0.05, 0) is 18.1 Å². The summed E-state index contributed by atoms with van der Waals surface area (Å²) in [4.78, 5) is 3.77. The van der Waals surface area contributed by atoms with Crippen LogP contribution in [0, 0.1) is 5.92 Å². The average molecular weight is 307 g/mol. The van der Waals surface area contributed by atoms with Crippen LogP contribution in [0.25, 0.3) is 0 Å². The monoisotopic (exact) mass is 306 g/mol. The van der Waals surface area contributed by atoms with E-state index >= 15 is 0 Å². The molecule has 0 amide bonds. The van der Waals surface area contributed by atoms with Crippen molar-refractivity contribution < 1.29 is 13.5 Å². The summed E-state index contributed by atoms with van der Waals surface area (Å²) in [5.41, 5.74) is 0. The Morgan fingerprint density at radius 2 is 2.05 bits per heavy atom. The molecular weight excluding hydrogens is 288 g/mol. The van der Waals surface area contributed by atoms with Crippen molar-refractivity contribution in [1.29, 1.82) is 0 Å². The Morgan fingerprint density at radius 1 is 1.42 bits per heavy atom. The number of aliphatic hydroxyl groups excluding tert-OH is 1. The highest BCUT2D eigenvalue weighted by Crippen LogP contribution is 2.15. The Labute approximate surface area is 119 Å². The molecule has 0 aliphatic heterocycles. The fraction of sp³-hybridized carbons (Fsp3) is 0.583.